The molecular weight excluding hydrogens is 623 g/mol. The number of nitrogens with zero attached hydrogens (tertiary/aromatic N) is 2. The van der Waals surface area contributed by atoms with Crippen LogP contribution in [0, 0.1) is 0 Å². The number of ether oxygens (including phenoxy) is 1. The Morgan fingerprint density at radius 1 is 1.03 bits per heavy atom. The van der Waals surface area contributed by atoms with Crippen molar-refractivity contribution in [3.63, 3.8) is 0 Å². The maximum atomic E-state index is 13.0. The Balaban J connectivity index is 1.53. The highest BCUT2D eigenvalue weighted by Gasteiger charge is 2.32. The van der Waals surface area contributed by atoms with Crippen LogP contribution in [-0.4, -0.2) is 22.5 Å². The second-order valence-electron chi connectivity index (χ2n) is 7.22. The number of benzene rings is 3. The Labute approximate surface area is 229 Å². The van der Waals surface area contributed by atoms with Crippen LogP contribution in [-0.2, 0) is 11.4 Å². The van der Waals surface area contributed by atoms with Crippen LogP contribution in [0.3, 0.4) is 0 Å². The van der Waals surface area contributed by atoms with Gasteiger partial charge in [0.2, 0.25) is 0 Å². The van der Waals surface area contributed by atoms with Gasteiger partial charge in [-0.3, -0.25) is 9.69 Å². The number of halogens is 4. The highest BCUT2D eigenvalue weighted by molar-refractivity contribution is 9.10. The number of carbonyl (C=O) groups excluding carboxylic acids is 1. The molecule has 1 aliphatic rings. The minimum atomic E-state index is -0.0790. The number of amides is 1. The first-order valence-corrected chi connectivity index (χ1v) is 13.4. The van der Waals surface area contributed by atoms with Crippen LogP contribution in [0.4, 0.5) is 5.69 Å². The van der Waals surface area contributed by atoms with Gasteiger partial charge in [0.25, 0.3) is 5.91 Å². The lowest BCUT2D eigenvalue weighted by molar-refractivity contribution is -0.122. The molecule has 0 unspecified atom stereocenters. The van der Waals surface area contributed by atoms with Gasteiger partial charge in [-0.1, -0.05) is 47.5 Å². The fourth-order valence-corrected chi connectivity index (χ4v) is 5.37. The average molecular weight is 641 g/mol. The molecule has 1 heterocycles. The summed E-state index contributed by atoms with van der Waals surface area (Å²) in [5, 5.41) is 1.85. The lowest BCUT2D eigenvalue weighted by Gasteiger charge is -2.12. The van der Waals surface area contributed by atoms with Gasteiger partial charge in [-0.15, -0.1) is 0 Å². The zero-order valence-corrected chi connectivity index (χ0v) is 23.4. The number of rotatable bonds is 6. The predicted molar refractivity (Wildman–Crippen MR) is 149 cm³/mol. The summed E-state index contributed by atoms with van der Waals surface area (Å²) in [4.78, 5) is 19.9. The first-order chi connectivity index (χ1) is 16.4. The molecule has 0 aromatic heterocycles. The predicted octanol–water partition coefficient (Wildman–Crippen LogP) is 8.72. The molecule has 1 fully saturated rings. The number of hydrogen-bond donors (Lipinski definition) is 0. The molecule has 4 nitrogen and oxygen atoms in total. The van der Waals surface area contributed by atoms with Crippen LogP contribution in [0.25, 0.3) is 6.08 Å². The average Bonchev–Trinajstić information content (AvgIpc) is 3.10. The molecule has 0 N–H and O–H groups in total. The normalized spacial score (nSPS) is 16.0. The number of aliphatic imine (C=N–C) groups is 1. The molecule has 3 aromatic carbocycles. The van der Waals surface area contributed by atoms with Gasteiger partial charge in [-0.25, -0.2) is 4.99 Å². The second-order valence-corrected chi connectivity index (χ2v) is 10.8. The summed E-state index contributed by atoms with van der Waals surface area (Å²) >= 11 is 20.7. The van der Waals surface area contributed by atoms with Crippen molar-refractivity contribution in [1.29, 1.82) is 0 Å². The van der Waals surface area contributed by atoms with Crippen LogP contribution in [0.2, 0.25) is 10.0 Å². The van der Waals surface area contributed by atoms with Crippen molar-refractivity contribution >= 4 is 89.7 Å². The van der Waals surface area contributed by atoms with E-state index >= 15 is 0 Å². The van der Waals surface area contributed by atoms with Gasteiger partial charge < -0.3 is 4.74 Å². The molecule has 174 valence electrons. The Morgan fingerprint density at radius 2 is 1.82 bits per heavy atom. The van der Waals surface area contributed by atoms with E-state index in [1.807, 2.05) is 67.6 Å². The lowest BCUT2D eigenvalue weighted by Crippen LogP contribution is -2.28. The quantitative estimate of drug-likeness (QED) is 0.253. The zero-order valence-electron chi connectivity index (χ0n) is 17.9. The number of hydrogen-bond acceptors (Lipinski definition) is 4. The van der Waals surface area contributed by atoms with Crippen molar-refractivity contribution in [2.75, 3.05) is 6.54 Å². The van der Waals surface area contributed by atoms with Gasteiger partial charge in [0.1, 0.15) is 12.4 Å². The fourth-order valence-electron chi connectivity index (χ4n) is 3.18. The Morgan fingerprint density at radius 3 is 2.53 bits per heavy atom. The lowest BCUT2D eigenvalue weighted by atomic mass is 10.2. The van der Waals surface area contributed by atoms with E-state index in [1.165, 1.54) is 11.8 Å². The van der Waals surface area contributed by atoms with Crippen LogP contribution in [0.5, 0.6) is 5.75 Å². The molecule has 0 bridgehead atoms. The third-order valence-electron chi connectivity index (χ3n) is 4.93. The largest absolute Gasteiger partial charge is 0.488 e. The molecular formula is C25H18Br2Cl2N2O2S. The van der Waals surface area contributed by atoms with Gasteiger partial charge in [-0.2, -0.15) is 0 Å². The van der Waals surface area contributed by atoms with E-state index in [0.717, 1.165) is 20.1 Å². The van der Waals surface area contributed by atoms with Gasteiger partial charge in [0.15, 0.2) is 5.17 Å². The second kappa shape index (κ2) is 11.3. The van der Waals surface area contributed by atoms with E-state index in [2.05, 4.69) is 36.9 Å². The summed E-state index contributed by atoms with van der Waals surface area (Å²) in [6, 6.07) is 18.7. The molecule has 1 saturated heterocycles. The number of amidine groups is 1. The molecule has 3 aromatic rings. The molecule has 0 aliphatic carbocycles. The van der Waals surface area contributed by atoms with Gasteiger partial charge in [0, 0.05) is 21.6 Å². The highest BCUT2D eigenvalue weighted by Crippen LogP contribution is 2.36. The van der Waals surface area contributed by atoms with E-state index in [9.17, 15) is 4.79 Å². The van der Waals surface area contributed by atoms with Gasteiger partial charge in [-0.05, 0) is 98.6 Å². The number of thioether (sulfide) groups is 1. The minimum Gasteiger partial charge on any atom is -0.488 e. The molecule has 4 rings (SSSR count). The highest BCUT2D eigenvalue weighted by atomic mass is 79.9. The van der Waals surface area contributed by atoms with Crippen LogP contribution in [0.1, 0.15) is 18.1 Å². The van der Waals surface area contributed by atoms with Crippen LogP contribution >= 0.6 is 66.8 Å². The Bertz CT molecular complexity index is 1310. The van der Waals surface area contributed by atoms with Crippen molar-refractivity contribution in [2.24, 2.45) is 4.99 Å². The topological polar surface area (TPSA) is 41.9 Å². The molecule has 0 radical (unpaired) electrons. The van der Waals surface area contributed by atoms with Crippen molar-refractivity contribution in [2.45, 2.75) is 13.5 Å². The zero-order chi connectivity index (χ0) is 24.2. The first-order valence-electron chi connectivity index (χ1n) is 10.3. The maximum Gasteiger partial charge on any atom is 0.266 e. The summed E-state index contributed by atoms with van der Waals surface area (Å²) in [6.45, 7) is 2.80. The number of likely N-dealkylation sites (N-methyl/N-ethyl adjacent to an activating group) is 1. The molecule has 0 atom stereocenters. The smallest absolute Gasteiger partial charge is 0.266 e. The van der Waals surface area contributed by atoms with Crippen molar-refractivity contribution < 1.29 is 9.53 Å². The van der Waals surface area contributed by atoms with E-state index in [-0.39, 0.29) is 5.91 Å². The molecule has 1 amide bonds. The Hall–Kier alpha value is -1.77. The molecule has 34 heavy (non-hydrogen) atoms. The third kappa shape index (κ3) is 5.89. The maximum absolute atomic E-state index is 13.0. The molecule has 0 spiro atoms. The minimum absolute atomic E-state index is 0.0790. The van der Waals surface area contributed by atoms with E-state index in [1.54, 1.807) is 11.0 Å². The fraction of sp³-hybridized carbons (Fsp3) is 0.120. The summed E-state index contributed by atoms with van der Waals surface area (Å²) in [5.74, 6) is 0.613. The SMILES string of the molecule is CCN1C(=O)/C(=C/c2ccc(OCc3ccccc3Cl)c(Br)c2)SC1=Nc1ccc(Br)c(Cl)c1. The van der Waals surface area contributed by atoms with E-state index in [4.69, 9.17) is 27.9 Å². The third-order valence-corrected chi connectivity index (χ3v) is 8.15. The molecule has 0 saturated carbocycles. The molecule has 1 aliphatic heterocycles. The standard InChI is InChI=1S/C25H18Br2Cl2N2O2S/c1-2-31-24(32)23(34-25(31)30-17-8-9-18(26)21(29)13-17)12-15-7-10-22(19(27)11-15)33-14-16-5-3-4-6-20(16)28/h3-13H,2,14H2,1H3/b23-12-,30-25?. The van der Waals surface area contributed by atoms with Crippen molar-refractivity contribution in [1.82, 2.24) is 4.90 Å². The summed E-state index contributed by atoms with van der Waals surface area (Å²) < 4.78 is 7.50. The summed E-state index contributed by atoms with van der Waals surface area (Å²) in [5.41, 5.74) is 2.47. The van der Waals surface area contributed by atoms with Crippen LogP contribution in [0.15, 0.2) is 79.5 Å². The first kappa shape index (κ1) is 25.3. The monoisotopic (exact) mass is 638 g/mol. The summed E-state index contributed by atoms with van der Waals surface area (Å²) in [7, 11) is 0. The van der Waals surface area contributed by atoms with Crippen molar-refractivity contribution in [3.8, 4) is 5.75 Å². The van der Waals surface area contributed by atoms with Gasteiger partial charge >= 0.3 is 0 Å². The Kier molecular flexibility index (Phi) is 8.43. The van der Waals surface area contributed by atoms with Gasteiger partial charge in [0.05, 0.1) is 20.1 Å². The van der Waals surface area contributed by atoms with E-state index < -0.39 is 0 Å². The summed E-state index contributed by atoms with van der Waals surface area (Å²) in [6.07, 6.45) is 1.86. The van der Waals surface area contributed by atoms with Crippen molar-refractivity contribution in [3.05, 3.63) is 95.7 Å². The number of carbonyl (C=O) groups is 1. The van der Waals surface area contributed by atoms with Crippen LogP contribution < -0.4 is 4.74 Å². The molecule has 9 heteroatoms. The van der Waals surface area contributed by atoms with E-state index in [0.29, 0.717) is 44.7 Å².